The van der Waals surface area contributed by atoms with Gasteiger partial charge in [0.25, 0.3) is 0 Å². The normalized spacial score (nSPS) is 19.9. The van der Waals surface area contributed by atoms with E-state index in [0.717, 1.165) is 0 Å². The van der Waals surface area contributed by atoms with Gasteiger partial charge in [0.05, 0.1) is 6.04 Å². The number of hydrogen-bond donors (Lipinski definition) is 1. The smallest absolute Gasteiger partial charge is 0.0501 e. The number of nitrogens with zero attached hydrogens (tertiary/aromatic N) is 1. The molecule has 0 spiro atoms. The Hall–Kier alpha value is -0.860. The number of nitrogens with two attached hydrogens (primary N) is 1. The minimum Gasteiger partial charge on any atom is -0.326 e. The van der Waals surface area contributed by atoms with Crippen LogP contribution >= 0.6 is 0 Å². The molecule has 2 unspecified atom stereocenters. The van der Waals surface area contributed by atoms with Gasteiger partial charge in [-0.2, -0.15) is 0 Å². The Labute approximate surface area is 124 Å². The van der Waals surface area contributed by atoms with Crippen molar-refractivity contribution in [2.45, 2.75) is 66.0 Å². The Morgan fingerprint density at radius 1 is 0.950 bits per heavy atom. The van der Waals surface area contributed by atoms with E-state index < -0.39 is 0 Å². The van der Waals surface area contributed by atoms with Gasteiger partial charge in [0, 0.05) is 6.04 Å². The van der Waals surface area contributed by atoms with E-state index in [1.165, 1.54) is 60.2 Å². The summed E-state index contributed by atoms with van der Waals surface area (Å²) in [7, 11) is 0. The summed E-state index contributed by atoms with van der Waals surface area (Å²) in [4.78, 5) is 2.61. The molecule has 1 aliphatic heterocycles. The lowest BCUT2D eigenvalue weighted by molar-refractivity contribution is 0.145. The van der Waals surface area contributed by atoms with Gasteiger partial charge in [-0.1, -0.05) is 12.5 Å². The van der Waals surface area contributed by atoms with E-state index in [4.69, 9.17) is 5.73 Å². The lowest BCUT2D eigenvalue weighted by Crippen LogP contribution is -2.43. The maximum Gasteiger partial charge on any atom is 0.0501 e. The monoisotopic (exact) mass is 274 g/mol. The molecule has 2 N–H and O–H groups in total. The fraction of sp³-hybridized carbons (Fsp3) is 0.667. The molecule has 1 heterocycles. The largest absolute Gasteiger partial charge is 0.326 e. The first kappa shape index (κ1) is 15.5. The quantitative estimate of drug-likeness (QED) is 0.908. The summed E-state index contributed by atoms with van der Waals surface area (Å²) in [5.41, 5.74) is 13.5. The van der Waals surface area contributed by atoms with Crippen molar-refractivity contribution in [3.63, 3.8) is 0 Å². The predicted molar refractivity (Wildman–Crippen MR) is 87.2 cm³/mol. The van der Waals surface area contributed by atoms with Crippen LogP contribution in [0.2, 0.25) is 0 Å². The molecule has 2 heteroatoms. The molecule has 1 aromatic carbocycles. The molecule has 2 atom stereocenters. The van der Waals surface area contributed by atoms with E-state index in [9.17, 15) is 0 Å². The van der Waals surface area contributed by atoms with Gasteiger partial charge in [-0.25, -0.2) is 0 Å². The Balaban J connectivity index is 2.49. The van der Waals surface area contributed by atoms with Crippen LogP contribution in [0.25, 0.3) is 0 Å². The van der Waals surface area contributed by atoms with Crippen molar-refractivity contribution >= 4 is 0 Å². The lowest BCUT2D eigenvalue weighted by atomic mass is 9.86. The third-order valence-electron chi connectivity index (χ3n) is 5.00. The summed E-state index contributed by atoms with van der Waals surface area (Å²) >= 11 is 0. The molecule has 0 saturated carbocycles. The average Bonchev–Trinajstić information content (AvgIpc) is 2.42. The van der Waals surface area contributed by atoms with Gasteiger partial charge < -0.3 is 5.73 Å². The Kier molecular flexibility index (Phi) is 4.87. The molecule has 0 amide bonds. The SMILES string of the molecule is Cc1cc(C)c(C)c(C(C(C)N)N2CCCCC2)c1C. The van der Waals surface area contributed by atoms with Gasteiger partial charge in [0.1, 0.15) is 0 Å². The summed E-state index contributed by atoms with van der Waals surface area (Å²) in [5.74, 6) is 0. The zero-order chi connectivity index (χ0) is 14.9. The minimum absolute atomic E-state index is 0.173. The van der Waals surface area contributed by atoms with Crippen molar-refractivity contribution in [2.24, 2.45) is 5.73 Å². The van der Waals surface area contributed by atoms with E-state index in [-0.39, 0.29) is 6.04 Å². The van der Waals surface area contributed by atoms with Crippen LogP contribution in [-0.4, -0.2) is 24.0 Å². The van der Waals surface area contributed by atoms with E-state index in [1.54, 1.807) is 0 Å². The maximum atomic E-state index is 6.40. The zero-order valence-electron chi connectivity index (χ0n) is 13.8. The molecule has 2 rings (SSSR count). The van der Waals surface area contributed by atoms with Gasteiger partial charge in [-0.3, -0.25) is 4.90 Å². The molecular weight excluding hydrogens is 244 g/mol. The second-order valence-electron chi connectivity index (χ2n) is 6.57. The van der Waals surface area contributed by atoms with E-state index >= 15 is 0 Å². The summed E-state index contributed by atoms with van der Waals surface area (Å²) in [6.07, 6.45) is 3.99. The Morgan fingerprint density at radius 2 is 1.45 bits per heavy atom. The summed E-state index contributed by atoms with van der Waals surface area (Å²) in [6.45, 7) is 13.5. The first-order valence-electron chi connectivity index (χ1n) is 8.00. The second-order valence-corrected chi connectivity index (χ2v) is 6.57. The molecule has 1 aliphatic rings. The van der Waals surface area contributed by atoms with Crippen LogP contribution in [0.1, 0.15) is 60.0 Å². The summed E-state index contributed by atoms with van der Waals surface area (Å²) in [6, 6.07) is 2.85. The van der Waals surface area contributed by atoms with Crippen LogP contribution in [0.5, 0.6) is 0 Å². The van der Waals surface area contributed by atoms with Gasteiger partial charge in [-0.15, -0.1) is 0 Å². The number of piperidine rings is 1. The molecule has 2 nitrogen and oxygen atoms in total. The van der Waals surface area contributed by atoms with Crippen LogP contribution < -0.4 is 5.73 Å². The van der Waals surface area contributed by atoms with Gasteiger partial charge in [-0.05, 0) is 88.4 Å². The lowest BCUT2D eigenvalue weighted by Gasteiger charge is -2.39. The van der Waals surface area contributed by atoms with E-state index in [0.29, 0.717) is 6.04 Å². The Bertz CT molecular complexity index is 445. The highest BCUT2D eigenvalue weighted by atomic mass is 15.2. The van der Waals surface area contributed by atoms with E-state index in [1.807, 2.05) is 0 Å². The standard InChI is InChI=1S/C18H30N2/c1-12-11-13(2)15(4)17(14(12)3)18(16(5)19)20-9-7-6-8-10-20/h11,16,18H,6-10,19H2,1-5H3. The molecule has 0 aliphatic carbocycles. The highest BCUT2D eigenvalue weighted by Crippen LogP contribution is 2.34. The van der Waals surface area contributed by atoms with Crippen LogP contribution in [0, 0.1) is 27.7 Å². The van der Waals surface area contributed by atoms with Crippen molar-refractivity contribution < 1.29 is 0 Å². The van der Waals surface area contributed by atoms with Crippen LogP contribution in [0.3, 0.4) is 0 Å². The van der Waals surface area contributed by atoms with Gasteiger partial charge in [0.2, 0.25) is 0 Å². The summed E-state index contributed by atoms with van der Waals surface area (Å²) in [5, 5.41) is 0. The number of likely N-dealkylation sites (tertiary alicyclic amines) is 1. The fourth-order valence-electron chi connectivity index (χ4n) is 3.67. The highest BCUT2D eigenvalue weighted by molar-refractivity contribution is 5.46. The number of benzene rings is 1. The third kappa shape index (κ3) is 2.91. The van der Waals surface area contributed by atoms with Crippen LogP contribution in [-0.2, 0) is 0 Å². The highest BCUT2D eigenvalue weighted by Gasteiger charge is 2.28. The second kappa shape index (κ2) is 6.28. The number of aryl methyl sites for hydroxylation is 2. The maximum absolute atomic E-state index is 6.40. The first-order valence-corrected chi connectivity index (χ1v) is 8.00. The van der Waals surface area contributed by atoms with Crippen molar-refractivity contribution in [1.82, 2.24) is 4.90 Å². The van der Waals surface area contributed by atoms with Gasteiger partial charge >= 0.3 is 0 Å². The molecule has 1 fully saturated rings. The molecule has 1 saturated heterocycles. The molecule has 20 heavy (non-hydrogen) atoms. The van der Waals surface area contributed by atoms with Crippen molar-refractivity contribution in [3.05, 3.63) is 33.9 Å². The fourth-order valence-corrected chi connectivity index (χ4v) is 3.67. The molecule has 1 aromatic rings. The molecule has 0 bridgehead atoms. The first-order chi connectivity index (χ1) is 9.43. The van der Waals surface area contributed by atoms with Crippen molar-refractivity contribution in [1.29, 1.82) is 0 Å². The molecule has 112 valence electrons. The summed E-state index contributed by atoms with van der Waals surface area (Å²) < 4.78 is 0. The van der Waals surface area contributed by atoms with E-state index in [2.05, 4.69) is 45.6 Å². The predicted octanol–water partition coefficient (Wildman–Crippen LogP) is 3.79. The number of rotatable bonds is 3. The molecule has 0 radical (unpaired) electrons. The topological polar surface area (TPSA) is 29.3 Å². The molecule has 0 aromatic heterocycles. The minimum atomic E-state index is 0.173. The Morgan fingerprint density at radius 3 is 1.90 bits per heavy atom. The van der Waals surface area contributed by atoms with Crippen molar-refractivity contribution in [2.75, 3.05) is 13.1 Å². The van der Waals surface area contributed by atoms with Gasteiger partial charge in [0.15, 0.2) is 0 Å². The average molecular weight is 274 g/mol. The zero-order valence-corrected chi connectivity index (χ0v) is 13.8. The van der Waals surface area contributed by atoms with Crippen LogP contribution in [0.15, 0.2) is 6.07 Å². The van der Waals surface area contributed by atoms with Crippen LogP contribution in [0.4, 0.5) is 0 Å². The molecular formula is C18H30N2. The van der Waals surface area contributed by atoms with Crippen molar-refractivity contribution in [3.8, 4) is 0 Å². The number of hydrogen-bond acceptors (Lipinski definition) is 2. The third-order valence-corrected chi connectivity index (χ3v) is 5.00.